The van der Waals surface area contributed by atoms with E-state index in [0.717, 1.165) is 47.7 Å². The molecular weight excluding hydrogens is 888 g/mol. The number of carbonyl (C=O) groups is 2. The lowest BCUT2D eigenvalue weighted by molar-refractivity contribution is 0.0641. The molecule has 2 amide bonds. The molecule has 316 valence electrons. The Morgan fingerprint density at radius 1 is 0.650 bits per heavy atom. The molecule has 8 rings (SSSR count). The van der Waals surface area contributed by atoms with Gasteiger partial charge in [-0.3, -0.25) is 9.59 Å². The van der Waals surface area contributed by atoms with Crippen LogP contribution >= 0.6 is 46.2 Å². The van der Waals surface area contributed by atoms with Crippen LogP contribution < -0.4 is 5.32 Å². The third kappa shape index (κ3) is 12.0. The van der Waals surface area contributed by atoms with E-state index in [1.807, 2.05) is 65.7 Å². The highest BCUT2D eigenvalue weighted by molar-refractivity contribution is 8.13. The Morgan fingerprint density at radius 2 is 1.12 bits per heavy atom. The fourth-order valence-electron chi connectivity index (χ4n) is 6.43. The minimum Gasteiger partial charge on any atom is -0.336 e. The Morgan fingerprint density at radius 3 is 1.53 bits per heavy atom. The average molecular weight is 930 g/mol. The van der Waals surface area contributed by atoms with E-state index in [9.17, 15) is 26.4 Å². The summed E-state index contributed by atoms with van der Waals surface area (Å²) >= 11 is 2.49. The minimum absolute atomic E-state index is 0. The number of piperazine rings is 2. The van der Waals surface area contributed by atoms with Crippen LogP contribution in [0.2, 0.25) is 0 Å². The molecule has 2 aromatic heterocycles. The molecule has 20 heteroatoms. The molecule has 0 spiro atoms. The first-order chi connectivity index (χ1) is 28.3. The fraction of sp³-hybridized carbons (Fsp3) is 0.250. The van der Waals surface area contributed by atoms with Gasteiger partial charge in [-0.25, -0.2) is 16.8 Å². The normalized spacial score (nSPS) is 16.9. The molecule has 2 aliphatic heterocycles. The van der Waals surface area contributed by atoms with E-state index < -0.39 is 19.1 Å². The molecule has 14 nitrogen and oxygen atoms in total. The van der Waals surface area contributed by atoms with Crippen molar-refractivity contribution in [3.8, 4) is 22.5 Å². The molecule has 60 heavy (non-hydrogen) atoms. The van der Waals surface area contributed by atoms with Gasteiger partial charge in [-0.15, -0.1) is 22.6 Å². The summed E-state index contributed by atoms with van der Waals surface area (Å²) in [5.41, 5.74) is 4.48. The summed E-state index contributed by atoms with van der Waals surface area (Å²) in [5, 5.41) is 14.8. The van der Waals surface area contributed by atoms with Crippen molar-refractivity contribution >= 4 is 77.0 Å². The number of hydrogen-bond donors (Lipinski definition) is 1. The van der Waals surface area contributed by atoms with E-state index in [2.05, 4.69) is 31.4 Å². The summed E-state index contributed by atoms with van der Waals surface area (Å²) in [7, 11) is -2.12. The van der Waals surface area contributed by atoms with Gasteiger partial charge < -0.3 is 15.1 Å². The number of aromatic nitrogens is 4. The third-order valence-electron chi connectivity index (χ3n) is 9.46. The molecule has 4 heterocycles. The first kappa shape index (κ1) is 46.4. The topological polar surface area (TPSA) is 176 Å². The van der Waals surface area contributed by atoms with Gasteiger partial charge in [0.2, 0.25) is 10.0 Å². The van der Waals surface area contributed by atoms with Crippen LogP contribution in [0.3, 0.4) is 0 Å². The Hall–Kier alpha value is -4.66. The van der Waals surface area contributed by atoms with Gasteiger partial charge in [0.05, 0.1) is 9.79 Å². The summed E-state index contributed by atoms with van der Waals surface area (Å²) in [4.78, 5) is 28.7. The van der Waals surface area contributed by atoms with Gasteiger partial charge in [0, 0.05) is 95.0 Å². The molecule has 2 fully saturated rings. The highest BCUT2D eigenvalue weighted by atomic mass is 35.7. The second-order valence-corrected chi connectivity index (χ2v) is 19.3. The molecule has 0 radical (unpaired) electrons. The van der Waals surface area contributed by atoms with Crippen LogP contribution in [0, 0.1) is 0 Å². The van der Waals surface area contributed by atoms with Crippen LogP contribution in [0.15, 0.2) is 130 Å². The van der Waals surface area contributed by atoms with Crippen molar-refractivity contribution in [3.05, 3.63) is 131 Å². The number of benzene rings is 4. The number of hydrogen-bond acceptors (Lipinski definition) is 13. The van der Waals surface area contributed by atoms with E-state index in [0.29, 0.717) is 24.7 Å². The molecule has 0 bridgehead atoms. The fourth-order valence-corrected chi connectivity index (χ4v) is 9.74. The number of carbonyl (C=O) groups excluding carboxylic acids is 2. The molecule has 4 aromatic carbocycles. The highest BCUT2D eigenvalue weighted by Gasteiger charge is 2.35. The van der Waals surface area contributed by atoms with E-state index in [4.69, 9.17) is 10.7 Å². The van der Waals surface area contributed by atoms with Gasteiger partial charge in [0.25, 0.3) is 20.9 Å². The maximum Gasteiger partial charge on any atom is 0.261 e. The van der Waals surface area contributed by atoms with E-state index in [1.165, 1.54) is 39.5 Å². The number of sulfonamides is 1. The molecule has 0 saturated carbocycles. The second-order valence-electron chi connectivity index (χ2n) is 13.6. The lowest BCUT2D eigenvalue weighted by Crippen LogP contribution is -2.55. The van der Waals surface area contributed by atoms with Crippen molar-refractivity contribution in [1.82, 2.24) is 38.6 Å². The Bertz CT molecular complexity index is 2500. The number of nitrogens with zero attached hydrogens (tertiary/aromatic N) is 7. The maximum atomic E-state index is 13.1. The van der Waals surface area contributed by atoms with E-state index in [-0.39, 0.29) is 46.6 Å². The lowest BCUT2D eigenvalue weighted by atomic mass is 10.1. The van der Waals surface area contributed by atoms with Crippen molar-refractivity contribution < 1.29 is 26.4 Å². The molecule has 1 N–H and O–H groups in total. The van der Waals surface area contributed by atoms with Crippen LogP contribution in [0.25, 0.3) is 22.5 Å². The van der Waals surface area contributed by atoms with Crippen molar-refractivity contribution in [2.24, 2.45) is 0 Å². The monoisotopic (exact) mass is 928 g/mol. The average Bonchev–Trinajstić information content (AvgIpc) is 4.01. The molecule has 2 atom stereocenters. The zero-order valence-electron chi connectivity index (χ0n) is 32.4. The number of halogens is 2. The zero-order valence-corrected chi connectivity index (χ0v) is 37.3. The first-order valence-corrected chi connectivity index (χ1v) is 23.9. The van der Waals surface area contributed by atoms with Crippen molar-refractivity contribution in [2.75, 3.05) is 39.3 Å². The SMILES string of the molecule is C[C@@H]1CN(C(=O)c2ccccc2)CCN1.C[C@@H]1CN(C(=O)c2ccccc2)CCN1S(=O)(=O)c1ccc(-c2csnn2)cc1.Cl.O=S(=O)(Cl)c1ccc(-c2csnn2)cc1. The smallest absolute Gasteiger partial charge is 0.261 e. The highest BCUT2D eigenvalue weighted by Crippen LogP contribution is 2.26. The van der Waals surface area contributed by atoms with E-state index in [1.54, 1.807) is 58.8 Å². The van der Waals surface area contributed by atoms with Crippen LogP contribution in [0.1, 0.15) is 34.6 Å². The largest absolute Gasteiger partial charge is 0.336 e. The van der Waals surface area contributed by atoms with Crippen molar-refractivity contribution in [2.45, 2.75) is 35.7 Å². The Balaban J connectivity index is 0.000000186. The minimum atomic E-state index is -3.65. The van der Waals surface area contributed by atoms with Gasteiger partial charge >= 0.3 is 0 Å². The van der Waals surface area contributed by atoms with E-state index >= 15 is 0 Å². The Kier molecular flexibility index (Phi) is 16.4. The molecular formula is C40H42Cl2N8O6S4. The predicted molar refractivity (Wildman–Crippen MR) is 236 cm³/mol. The number of nitrogens with one attached hydrogen (secondary N) is 1. The first-order valence-electron chi connectivity index (χ1n) is 18.4. The quantitative estimate of drug-likeness (QED) is 0.175. The summed E-state index contributed by atoms with van der Waals surface area (Å²) < 4.78 is 57.2. The zero-order chi connectivity index (χ0) is 42.0. The maximum absolute atomic E-state index is 13.1. The van der Waals surface area contributed by atoms with Gasteiger partial charge in [0.15, 0.2) is 0 Å². The van der Waals surface area contributed by atoms with Gasteiger partial charge in [-0.1, -0.05) is 69.6 Å². The summed E-state index contributed by atoms with van der Waals surface area (Å²) in [6.07, 6.45) is 0. The second kappa shape index (κ2) is 21.2. The summed E-state index contributed by atoms with van der Waals surface area (Å²) in [6, 6.07) is 31.4. The standard InChI is InChI=1S/C20H20N4O3S2.C12H16N2O.C8H5ClN2O2S2.ClH/c1-15-13-23(20(25)17-5-3-2-4-6-17)11-12-24(15)29(26,27)18-9-7-16(8-10-18)19-14-28-22-21-19;1-10-9-14(8-7-13-10)12(15)11-5-3-2-4-6-11;9-15(12,13)7-3-1-6(2-4-7)8-5-14-11-10-8;/h2-10,14-15H,11-13H2,1H3;2-6,10,13H,7-9H2,1H3;1-5H;1H/t15-;10-;;/m11../s1. The molecule has 6 aromatic rings. The molecule has 2 aliphatic rings. The lowest BCUT2D eigenvalue weighted by Gasteiger charge is -2.39. The molecule has 0 aliphatic carbocycles. The number of amides is 2. The summed E-state index contributed by atoms with van der Waals surface area (Å²) in [5.74, 6) is 0.0691. The van der Waals surface area contributed by atoms with Gasteiger partial charge in [0.1, 0.15) is 11.4 Å². The van der Waals surface area contributed by atoms with Gasteiger partial charge in [-0.05, 0) is 85.4 Å². The van der Waals surface area contributed by atoms with Crippen LogP contribution in [0.4, 0.5) is 0 Å². The molecule has 0 unspecified atom stereocenters. The van der Waals surface area contributed by atoms with Gasteiger partial charge in [-0.2, -0.15) is 4.31 Å². The Labute approximate surface area is 368 Å². The van der Waals surface area contributed by atoms with Crippen molar-refractivity contribution in [3.63, 3.8) is 0 Å². The predicted octanol–water partition coefficient (Wildman–Crippen LogP) is 6.42. The molecule has 2 saturated heterocycles. The van der Waals surface area contributed by atoms with Crippen LogP contribution in [0.5, 0.6) is 0 Å². The van der Waals surface area contributed by atoms with Crippen molar-refractivity contribution in [1.29, 1.82) is 0 Å². The third-order valence-corrected chi connectivity index (χ3v) is 13.9. The van der Waals surface area contributed by atoms with Crippen LogP contribution in [-0.2, 0) is 19.1 Å². The number of rotatable bonds is 7. The summed E-state index contributed by atoms with van der Waals surface area (Å²) in [6.45, 7) is 7.41. The van der Waals surface area contributed by atoms with Crippen LogP contribution in [-0.4, -0.2) is 113 Å².